The molecule has 2 aliphatic heterocycles. The molecule has 0 spiro atoms. The van der Waals surface area contributed by atoms with Crippen molar-refractivity contribution in [2.75, 3.05) is 18.5 Å². The van der Waals surface area contributed by atoms with Crippen LogP contribution in [0.5, 0.6) is 0 Å². The lowest BCUT2D eigenvalue weighted by molar-refractivity contribution is 0.0475. The van der Waals surface area contributed by atoms with E-state index in [0.717, 1.165) is 12.8 Å². The van der Waals surface area contributed by atoms with Crippen molar-refractivity contribution >= 4 is 29.3 Å². The molecule has 0 aromatic heterocycles. The van der Waals surface area contributed by atoms with Crippen LogP contribution >= 0.6 is 0 Å². The van der Waals surface area contributed by atoms with Gasteiger partial charge in [-0.1, -0.05) is 0 Å². The Morgan fingerprint density at radius 3 is 2.27 bits per heavy atom. The smallest absolute Gasteiger partial charge is 0.261 e. The second-order valence-electron chi connectivity index (χ2n) is 9.35. The number of rotatable bonds is 5. The van der Waals surface area contributed by atoms with Crippen LogP contribution in [0.25, 0.3) is 0 Å². The van der Waals surface area contributed by atoms with Crippen LogP contribution in [0.4, 0.5) is 5.69 Å². The number of ether oxygens (including phenoxy) is 1. The average Bonchev–Trinajstić information content (AvgIpc) is 3.36. The van der Waals surface area contributed by atoms with E-state index in [1.807, 2.05) is 20.8 Å². The second kappa shape index (κ2) is 8.78. The number of hydrogen-bond donors (Lipinski definition) is 2. The van der Waals surface area contributed by atoms with Crippen LogP contribution < -0.4 is 10.6 Å². The number of imide groups is 1. The molecule has 2 aliphatic rings. The van der Waals surface area contributed by atoms with Crippen LogP contribution in [0.15, 0.2) is 42.5 Å². The van der Waals surface area contributed by atoms with E-state index in [9.17, 15) is 19.2 Å². The van der Waals surface area contributed by atoms with E-state index >= 15 is 0 Å². The third-order valence-corrected chi connectivity index (χ3v) is 5.54. The Morgan fingerprint density at radius 2 is 1.64 bits per heavy atom. The highest BCUT2D eigenvalue weighted by Crippen LogP contribution is 2.26. The van der Waals surface area contributed by atoms with Crippen LogP contribution in [0.1, 0.15) is 75.0 Å². The minimum Gasteiger partial charge on any atom is -0.376 e. The summed E-state index contributed by atoms with van der Waals surface area (Å²) >= 11 is 0. The molecule has 0 aliphatic carbocycles. The monoisotopic (exact) mass is 449 g/mol. The fraction of sp³-hybridized carbons (Fsp3) is 0.360. The number of nitrogens with one attached hydrogen (secondary N) is 2. The zero-order chi connectivity index (χ0) is 23.8. The standard InChI is InChI=1S/C25H27N3O5/c1-25(2,3)27-22(30)15-6-9-17(10-7-15)26-21(29)16-8-11-19-20(13-16)24(32)28(23(19)31)14-18-5-4-12-33-18/h6-11,13,18H,4-5,12,14H2,1-3H3,(H,26,29)(H,27,30). The molecule has 2 heterocycles. The molecule has 1 atom stereocenters. The van der Waals surface area contributed by atoms with Gasteiger partial charge in [-0.2, -0.15) is 0 Å². The maximum atomic E-state index is 12.8. The van der Waals surface area contributed by atoms with E-state index < -0.39 is 11.8 Å². The van der Waals surface area contributed by atoms with Crippen molar-refractivity contribution in [1.29, 1.82) is 0 Å². The molecule has 8 heteroatoms. The molecule has 172 valence electrons. The lowest BCUT2D eigenvalue weighted by atomic mass is 10.0. The van der Waals surface area contributed by atoms with E-state index in [2.05, 4.69) is 10.6 Å². The molecule has 1 unspecified atom stereocenters. The summed E-state index contributed by atoms with van der Waals surface area (Å²) in [5.74, 6) is -1.38. The predicted molar refractivity (Wildman–Crippen MR) is 122 cm³/mol. The Bertz CT molecular complexity index is 1110. The maximum Gasteiger partial charge on any atom is 0.261 e. The van der Waals surface area contributed by atoms with Crippen molar-refractivity contribution in [3.8, 4) is 0 Å². The Morgan fingerprint density at radius 1 is 0.970 bits per heavy atom. The molecule has 0 radical (unpaired) electrons. The molecule has 0 bridgehead atoms. The number of amides is 4. The highest BCUT2D eigenvalue weighted by molar-refractivity contribution is 6.22. The highest BCUT2D eigenvalue weighted by Gasteiger charge is 2.38. The van der Waals surface area contributed by atoms with Gasteiger partial charge in [0.15, 0.2) is 0 Å². The molecule has 2 aromatic rings. The zero-order valence-corrected chi connectivity index (χ0v) is 18.9. The van der Waals surface area contributed by atoms with Crippen LogP contribution in [0, 0.1) is 0 Å². The molecule has 33 heavy (non-hydrogen) atoms. The summed E-state index contributed by atoms with van der Waals surface area (Å²) in [4.78, 5) is 51.7. The van der Waals surface area contributed by atoms with Gasteiger partial charge in [0.1, 0.15) is 0 Å². The lowest BCUT2D eigenvalue weighted by Gasteiger charge is -2.20. The number of anilines is 1. The van der Waals surface area contributed by atoms with Gasteiger partial charge in [-0.25, -0.2) is 0 Å². The van der Waals surface area contributed by atoms with Crippen LogP contribution in [-0.2, 0) is 4.74 Å². The van der Waals surface area contributed by atoms with Crippen molar-refractivity contribution in [3.05, 3.63) is 64.7 Å². The molecular formula is C25H27N3O5. The maximum absolute atomic E-state index is 12.8. The first-order valence-corrected chi connectivity index (χ1v) is 11.0. The van der Waals surface area contributed by atoms with E-state index in [1.165, 1.54) is 23.1 Å². The molecule has 4 rings (SSSR count). The largest absolute Gasteiger partial charge is 0.376 e. The average molecular weight is 450 g/mol. The van der Waals surface area contributed by atoms with E-state index in [0.29, 0.717) is 23.4 Å². The van der Waals surface area contributed by atoms with Crippen molar-refractivity contribution in [1.82, 2.24) is 10.2 Å². The van der Waals surface area contributed by atoms with Gasteiger partial charge in [0, 0.05) is 29.0 Å². The normalized spacial score (nSPS) is 17.8. The van der Waals surface area contributed by atoms with E-state index in [4.69, 9.17) is 4.74 Å². The Labute approximate surface area is 192 Å². The zero-order valence-electron chi connectivity index (χ0n) is 18.9. The van der Waals surface area contributed by atoms with Crippen molar-refractivity contribution in [2.24, 2.45) is 0 Å². The van der Waals surface area contributed by atoms with E-state index in [-0.39, 0.29) is 41.1 Å². The minimum atomic E-state index is -0.414. The molecule has 2 aromatic carbocycles. The van der Waals surface area contributed by atoms with Crippen molar-refractivity contribution in [3.63, 3.8) is 0 Å². The van der Waals surface area contributed by atoms with Crippen molar-refractivity contribution in [2.45, 2.75) is 45.3 Å². The summed E-state index contributed by atoms with van der Waals surface area (Å²) in [7, 11) is 0. The minimum absolute atomic E-state index is 0.136. The third kappa shape index (κ3) is 4.96. The van der Waals surface area contributed by atoms with Gasteiger partial charge in [-0.3, -0.25) is 24.1 Å². The summed E-state index contributed by atoms with van der Waals surface area (Å²) in [5.41, 5.74) is 1.42. The number of hydrogen-bond acceptors (Lipinski definition) is 5. The van der Waals surface area contributed by atoms with Gasteiger partial charge < -0.3 is 15.4 Å². The first-order chi connectivity index (χ1) is 15.6. The molecule has 1 fully saturated rings. The second-order valence-corrected chi connectivity index (χ2v) is 9.35. The predicted octanol–water partition coefficient (Wildman–Crippen LogP) is 3.24. The molecule has 0 saturated carbocycles. The summed E-state index contributed by atoms with van der Waals surface area (Å²) in [5, 5.41) is 5.64. The molecule has 2 N–H and O–H groups in total. The quantitative estimate of drug-likeness (QED) is 0.682. The fourth-order valence-electron chi connectivity index (χ4n) is 3.91. The summed E-state index contributed by atoms with van der Waals surface area (Å²) in [6, 6.07) is 11.0. The number of carbonyl (C=O) groups excluding carboxylic acids is 4. The molecule has 4 amide bonds. The Balaban J connectivity index is 1.44. The number of carbonyl (C=O) groups is 4. The van der Waals surface area contributed by atoms with Gasteiger partial charge in [0.05, 0.1) is 23.8 Å². The first kappa shape index (κ1) is 22.7. The van der Waals surface area contributed by atoms with Crippen LogP contribution in [-0.4, -0.2) is 53.3 Å². The first-order valence-electron chi connectivity index (χ1n) is 11.0. The summed E-state index contributed by atoms with van der Waals surface area (Å²) < 4.78 is 5.55. The molecule has 8 nitrogen and oxygen atoms in total. The van der Waals surface area contributed by atoms with Gasteiger partial charge in [-0.15, -0.1) is 0 Å². The van der Waals surface area contributed by atoms with Gasteiger partial charge in [0.2, 0.25) is 0 Å². The Kier molecular flexibility index (Phi) is 6.03. The number of benzene rings is 2. The van der Waals surface area contributed by atoms with Crippen LogP contribution in [0.3, 0.4) is 0 Å². The molecule has 1 saturated heterocycles. The fourth-order valence-corrected chi connectivity index (χ4v) is 3.91. The van der Waals surface area contributed by atoms with Gasteiger partial charge in [0.25, 0.3) is 23.6 Å². The third-order valence-electron chi connectivity index (χ3n) is 5.54. The van der Waals surface area contributed by atoms with Crippen molar-refractivity contribution < 1.29 is 23.9 Å². The van der Waals surface area contributed by atoms with E-state index in [1.54, 1.807) is 24.3 Å². The summed E-state index contributed by atoms with van der Waals surface area (Å²) in [6.45, 7) is 6.56. The topological polar surface area (TPSA) is 105 Å². The lowest BCUT2D eigenvalue weighted by Crippen LogP contribution is -2.40. The molecular weight excluding hydrogens is 422 g/mol. The van der Waals surface area contributed by atoms with Crippen LogP contribution in [0.2, 0.25) is 0 Å². The Hall–Kier alpha value is -3.52. The highest BCUT2D eigenvalue weighted by atomic mass is 16.5. The SMILES string of the molecule is CC(C)(C)NC(=O)c1ccc(NC(=O)c2ccc3c(c2)C(=O)N(CC2CCCO2)C3=O)cc1. The summed E-state index contributed by atoms with van der Waals surface area (Å²) in [6.07, 6.45) is 1.60. The van der Waals surface area contributed by atoms with Gasteiger partial charge >= 0.3 is 0 Å². The number of nitrogens with zero attached hydrogens (tertiary/aromatic N) is 1. The van der Waals surface area contributed by atoms with Gasteiger partial charge in [-0.05, 0) is 76.1 Å². The number of fused-ring (bicyclic) bond motifs is 1.